The number of benzene rings is 1. The molecule has 0 unspecified atom stereocenters. The number of nitrogens with two attached hydrogens (primary N) is 1. The van der Waals surface area contributed by atoms with Crippen LogP contribution < -0.4 is 25.2 Å². The minimum atomic E-state index is -4.10. The highest BCUT2D eigenvalue weighted by molar-refractivity contribution is 7.89. The molecule has 0 aromatic heterocycles. The van der Waals surface area contributed by atoms with Crippen LogP contribution >= 0.6 is 0 Å². The van der Waals surface area contributed by atoms with Crippen molar-refractivity contribution in [1.82, 2.24) is 19.8 Å². The molecule has 1 aromatic carbocycles. The lowest BCUT2D eigenvalue weighted by molar-refractivity contribution is -0.137. The van der Waals surface area contributed by atoms with Crippen LogP contribution in [0, 0.1) is 11.3 Å². The van der Waals surface area contributed by atoms with Crippen molar-refractivity contribution < 1.29 is 27.5 Å². The molecule has 1 atom stereocenters. The molecule has 0 saturated carbocycles. The third-order valence-corrected chi connectivity index (χ3v) is 8.11. The van der Waals surface area contributed by atoms with Gasteiger partial charge in [0.15, 0.2) is 5.96 Å². The molecular weight excluding hydrogens is 488 g/mol. The molecule has 2 aliphatic heterocycles. The Balaban J connectivity index is 1.60. The minimum Gasteiger partial charge on any atom is -0.497 e. The predicted octanol–water partition coefficient (Wildman–Crippen LogP) is 0.0849. The van der Waals surface area contributed by atoms with Gasteiger partial charge in [0.25, 0.3) is 0 Å². The number of likely N-dealkylation sites (tertiary alicyclic amines) is 2. The van der Waals surface area contributed by atoms with Gasteiger partial charge in [0.2, 0.25) is 21.8 Å². The molecule has 3 rings (SSSR count). The number of carbonyl (C=O) groups excluding carboxylic acids is 2. The van der Waals surface area contributed by atoms with Crippen LogP contribution in [0.25, 0.3) is 0 Å². The van der Waals surface area contributed by atoms with Gasteiger partial charge in [0, 0.05) is 32.2 Å². The van der Waals surface area contributed by atoms with E-state index >= 15 is 0 Å². The summed E-state index contributed by atoms with van der Waals surface area (Å²) in [5.41, 5.74) is 5.52. The van der Waals surface area contributed by atoms with E-state index in [0.29, 0.717) is 51.2 Å². The van der Waals surface area contributed by atoms with E-state index in [1.165, 1.54) is 31.3 Å². The molecular formula is C23H36N6O6S. The van der Waals surface area contributed by atoms with Crippen molar-refractivity contribution in [1.29, 1.82) is 5.41 Å². The Morgan fingerprint density at radius 3 is 2.50 bits per heavy atom. The highest BCUT2D eigenvalue weighted by atomic mass is 32.2. The predicted molar refractivity (Wildman–Crippen MR) is 133 cm³/mol. The number of methoxy groups -OCH3 is 2. The van der Waals surface area contributed by atoms with Gasteiger partial charge in [-0.3, -0.25) is 15.0 Å². The van der Waals surface area contributed by atoms with E-state index in [1.54, 1.807) is 11.0 Å². The first-order chi connectivity index (χ1) is 17.1. The highest BCUT2D eigenvalue weighted by Crippen LogP contribution is 2.29. The van der Waals surface area contributed by atoms with Crippen molar-refractivity contribution in [2.24, 2.45) is 11.7 Å². The molecule has 1 aromatic rings. The largest absolute Gasteiger partial charge is 0.497 e. The van der Waals surface area contributed by atoms with Gasteiger partial charge in [-0.15, -0.1) is 0 Å². The molecule has 0 bridgehead atoms. The van der Waals surface area contributed by atoms with E-state index in [2.05, 4.69) is 10.0 Å². The smallest absolute Gasteiger partial charge is 0.245 e. The topological polar surface area (TPSA) is 167 Å². The Hall–Kier alpha value is -3.06. The van der Waals surface area contributed by atoms with Gasteiger partial charge in [0.05, 0.1) is 20.8 Å². The quantitative estimate of drug-likeness (QED) is 0.260. The zero-order valence-corrected chi connectivity index (χ0v) is 21.6. The van der Waals surface area contributed by atoms with Crippen molar-refractivity contribution in [3.05, 3.63) is 18.2 Å². The molecule has 13 heteroatoms. The van der Waals surface area contributed by atoms with E-state index in [4.69, 9.17) is 20.6 Å². The van der Waals surface area contributed by atoms with E-state index in [-0.39, 0.29) is 35.0 Å². The van der Waals surface area contributed by atoms with Crippen LogP contribution in [-0.2, 0) is 19.6 Å². The summed E-state index contributed by atoms with van der Waals surface area (Å²) in [5, 5.41) is 10.4. The van der Waals surface area contributed by atoms with Gasteiger partial charge in [-0.1, -0.05) is 0 Å². The number of sulfonamides is 1. The highest BCUT2D eigenvalue weighted by Gasteiger charge is 2.33. The summed E-state index contributed by atoms with van der Waals surface area (Å²) < 4.78 is 39.2. The number of amides is 2. The van der Waals surface area contributed by atoms with Gasteiger partial charge < -0.3 is 30.3 Å². The van der Waals surface area contributed by atoms with Gasteiger partial charge in [0.1, 0.15) is 22.4 Å². The Bertz CT molecular complexity index is 1060. The second kappa shape index (κ2) is 12.3. The molecule has 2 aliphatic rings. The fourth-order valence-corrected chi connectivity index (χ4v) is 5.89. The number of rotatable bonds is 9. The van der Waals surface area contributed by atoms with Crippen LogP contribution in [0.2, 0.25) is 0 Å². The molecule has 0 aliphatic carbocycles. The molecule has 5 N–H and O–H groups in total. The second-order valence-electron chi connectivity index (χ2n) is 9.07. The summed E-state index contributed by atoms with van der Waals surface area (Å²) in [7, 11) is -1.31. The maximum atomic E-state index is 13.2. The maximum Gasteiger partial charge on any atom is 0.245 e. The van der Waals surface area contributed by atoms with Crippen LogP contribution in [0.5, 0.6) is 11.5 Å². The molecule has 2 heterocycles. The van der Waals surface area contributed by atoms with Crippen molar-refractivity contribution >= 4 is 27.8 Å². The van der Waals surface area contributed by atoms with Crippen molar-refractivity contribution in [2.75, 3.05) is 46.9 Å². The summed E-state index contributed by atoms with van der Waals surface area (Å²) in [6.45, 7) is 2.09. The number of carbonyl (C=O) groups is 2. The minimum absolute atomic E-state index is 0.0622. The van der Waals surface area contributed by atoms with E-state index in [9.17, 15) is 18.0 Å². The summed E-state index contributed by atoms with van der Waals surface area (Å²) in [4.78, 5) is 28.9. The van der Waals surface area contributed by atoms with Crippen molar-refractivity contribution in [2.45, 2.75) is 43.0 Å². The monoisotopic (exact) mass is 524 g/mol. The number of ether oxygens (including phenoxy) is 2. The Morgan fingerprint density at radius 1 is 1.14 bits per heavy atom. The Labute approximate surface area is 212 Å². The molecule has 2 fully saturated rings. The van der Waals surface area contributed by atoms with E-state index < -0.39 is 22.0 Å². The molecule has 0 spiro atoms. The van der Waals surface area contributed by atoms with Crippen LogP contribution in [0.4, 0.5) is 0 Å². The Morgan fingerprint density at radius 2 is 1.86 bits per heavy atom. The number of nitrogens with one attached hydrogen (secondary N) is 3. The first-order valence-corrected chi connectivity index (χ1v) is 13.5. The van der Waals surface area contributed by atoms with Crippen LogP contribution in [0.15, 0.2) is 23.1 Å². The van der Waals surface area contributed by atoms with Gasteiger partial charge in [-0.05, 0) is 50.2 Å². The molecule has 0 radical (unpaired) electrons. The molecule has 200 valence electrons. The molecule has 2 saturated heterocycles. The van der Waals surface area contributed by atoms with Crippen LogP contribution in [-0.4, -0.2) is 89.0 Å². The van der Waals surface area contributed by atoms with E-state index in [0.717, 1.165) is 12.8 Å². The van der Waals surface area contributed by atoms with Crippen LogP contribution in [0.1, 0.15) is 32.1 Å². The van der Waals surface area contributed by atoms with Crippen molar-refractivity contribution in [3.8, 4) is 11.5 Å². The second-order valence-corrected chi connectivity index (χ2v) is 10.7. The molecule has 36 heavy (non-hydrogen) atoms. The standard InChI is InChI=1S/C23H36N6O6S/c1-34-17-6-7-19(35-2)20(13-17)36(32,33)27-18-5-3-4-10-29(22(18)31)15-21(30)26-14-16-8-11-28(12-9-16)23(24)25/h6-7,13,16,18,27H,3-5,8-12,14-15H2,1-2H3,(H3,24,25)(H,26,30)/t18-/m0/s1. The lowest BCUT2D eigenvalue weighted by Gasteiger charge is -2.32. The lowest BCUT2D eigenvalue weighted by atomic mass is 9.97. The maximum absolute atomic E-state index is 13.2. The number of nitrogens with zero attached hydrogens (tertiary/aromatic N) is 2. The van der Waals surface area contributed by atoms with E-state index in [1.807, 2.05) is 0 Å². The third kappa shape index (κ3) is 7.00. The fraction of sp³-hybridized carbons (Fsp3) is 0.609. The molecule has 2 amide bonds. The molecule has 12 nitrogen and oxygen atoms in total. The summed E-state index contributed by atoms with van der Waals surface area (Å²) in [6.07, 6.45) is 3.28. The van der Waals surface area contributed by atoms with Crippen LogP contribution in [0.3, 0.4) is 0 Å². The fourth-order valence-electron chi connectivity index (χ4n) is 4.48. The average Bonchev–Trinajstić information content (AvgIpc) is 3.03. The van der Waals surface area contributed by atoms with Crippen molar-refractivity contribution in [3.63, 3.8) is 0 Å². The van der Waals surface area contributed by atoms with Gasteiger partial charge >= 0.3 is 0 Å². The Kier molecular flexibility index (Phi) is 9.37. The van der Waals surface area contributed by atoms with Gasteiger partial charge in [-0.25, -0.2) is 8.42 Å². The first kappa shape index (κ1) is 27.5. The van der Waals surface area contributed by atoms with Gasteiger partial charge in [-0.2, -0.15) is 4.72 Å². The summed E-state index contributed by atoms with van der Waals surface area (Å²) in [5.74, 6) is 0.107. The summed E-state index contributed by atoms with van der Waals surface area (Å²) >= 11 is 0. The first-order valence-electron chi connectivity index (χ1n) is 12.0. The lowest BCUT2D eigenvalue weighted by Crippen LogP contribution is -2.50. The summed E-state index contributed by atoms with van der Waals surface area (Å²) in [6, 6.07) is 3.43. The third-order valence-electron chi connectivity index (χ3n) is 6.62. The average molecular weight is 525 g/mol. The SMILES string of the molecule is COc1ccc(OC)c(S(=O)(=O)N[C@H]2CCCCN(CC(=O)NCC3CCN(C(=N)N)CC3)C2=O)c1. The number of hydrogen-bond donors (Lipinski definition) is 4. The normalized spacial score (nSPS) is 19.5. The number of guanidine groups is 1. The zero-order chi connectivity index (χ0) is 26.3. The zero-order valence-electron chi connectivity index (χ0n) is 20.8. The number of hydrogen-bond acceptors (Lipinski definition) is 7. The number of piperidine rings is 1.